The van der Waals surface area contributed by atoms with Crippen molar-refractivity contribution in [2.75, 3.05) is 0 Å². The highest BCUT2D eigenvalue weighted by molar-refractivity contribution is 5.89. The van der Waals surface area contributed by atoms with E-state index in [-0.39, 0.29) is 5.78 Å². The fraction of sp³-hybridized carbons (Fsp3) is 0.312. The minimum absolute atomic E-state index is 0.219. The van der Waals surface area contributed by atoms with Gasteiger partial charge in [0.15, 0.2) is 5.78 Å². The van der Waals surface area contributed by atoms with Gasteiger partial charge in [-0.05, 0) is 18.1 Å². The Morgan fingerprint density at radius 3 is 2.59 bits per heavy atom. The van der Waals surface area contributed by atoms with Crippen molar-refractivity contribution in [3.05, 3.63) is 54.1 Å². The van der Waals surface area contributed by atoms with Gasteiger partial charge in [-0.1, -0.05) is 68.3 Å². The number of hydrogen-bond donors (Lipinski definition) is 0. The molecular weight excluding hydrogens is 208 g/mol. The lowest BCUT2D eigenvalue weighted by atomic mass is 10.1. The van der Waals surface area contributed by atoms with Crippen LogP contribution in [-0.4, -0.2) is 5.78 Å². The molecule has 0 aromatic heterocycles. The predicted octanol–water partition coefficient (Wildman–Crippen LogP) is 4.41. The van der Waals surface area contributed by atoms with Gasteiger partial charge in [-0.2, -0.15) is 0 Å². The molecule has 1 aromatic rings. The molecule has 1 nitrogen and oxygen atoms in total. The highest BCUT2D eigenvalue weighted by atomic mass is 16.1. The van der Waals surface area contributed by atoms with E-state index < -0.39 is 0 Å². The van der Waals surface area contributed by atoms with Gasteiger partial charge >= 0.3 is 0 Å². The van der Waals surface area contributed by atoms with Crippen LogP contribution in [0.25, 0.3) is 6.08 Å². The van der Waals surface area contributed by atoms with Crippen molar-refractivity contribution >= 4 is 11.9 Å². The number of carbonyl (C=O) groups excluding carboxylic acids is 1. The lowest BCUT2D eigenvalue weighted by Crippen LogP contribution is -1.91. The van der Waals surface area contributed by atoms with Crippen LogP contribution in [0, 0.1) is 0 Å². The molecule has 0 bridgehead atoms. The third-order valence-electron chi connectivity index (χ3n) is 2.51. The molecule has 0 aliphatic carbocycles. The Hall–Kier alpha value is -1.63. The van der Waals surface area contributed by atoms with E-state index in [4.69, 9.17) is 0 Å². The van der Waals surface area contributed by atoms with Crippen LogP contribution in [0.4, 0.5) is 0 Å². The van der Waals surface area contributed by atoms with Crippen molar-refractivity contribution in [3.8, 4) is 0 Å². The maximum Gasteiger partial charge on any atom is 0.155 e. The summed E-state index contributed by atoms with van der Waals surface area (Å²) >= 11 is 0. The van der Waals surface area contributed by atoms with Crippen LogP contribution < -0.4 is 0 Å². The van der Waals surface area contributed by atoms with Gasteiger partial charge < -0.3 is 0 Å². The zero-order chi connectivity index (χ0) is 12.3. The van der Waals surface area contributed by atoms with Gasteiger partial charge in [-0.3, -0.25) is 4.79 Å². The number of ketones is 1. The standard InChI is InChI=1S/C16H20O/c1-2-3-5-13-16(17)14-9-8-12-15-10-6-4-7-11-15/h4,6-12,14H,2-3,5,13H2,1H3/b12-8+,14-9+. The van der Waals surface area contributed by atoms with E-state index in [2.05, 4.69) is 6.92 Å². The number of rotatable bonds is 7. The minimum Gasteiger partial charge on any atom is -0.295 e. The molecular formula is C16H20O. The monoisotopic (exact) mass is 228 g/mol. The molecule has 0 saturated carbocycles. The maximum atomic E-state index is 11.4. The van der Waals surface area contributed by atoms with Crippen LogP contribution >= 0.6 is 0 Å². The molecule has 17 heavy (non-hydrogen) atoms. The largest absolute Gasteiger partial charge is 0.295 e. The first-order valence-electron chi connectivity index (χ1n) is 6.25. The van der Waals surface area contributed by atoms with Gasteiger partial charge in [0.1, 0.15) is 0 Å². The SMILES string of the molecule is CCCCCC(=O)/C=C/C=C/c1ccccc1. The second-order valence-corrected chi connectivity index (χ2v) is 4.05. The first-order valence-corrected chi connectivity index (χ1v) is 6.25. The maximum absolute atomic E-state index is 11.4. The number of benzene rings is 1. The summed E-state index contributed by atoms with van der Waals surface area (Å²) < 4.78 is 0. The highest BCUT2D eigenvalue weighted by Crippen LogP contribution is 2.02. The summed E-state index contributed by atoms with van der Waals surface area (Å²) in [4.78, 5) is 11.4. The molecule has 0 unspecified atom stereocenters. The molecule has 1 heteroatoms. The third kappa shape index (κ3) is 6.52. The molecule has 90 valence electrons. The summed E-state index contributed by atoms with van der Waals surface area (Å²) in [5.74, 6) is 0.219. The van der Waals surface area contributed by atoms with Gasteiger partial charge in [0.05, 0.1) is 0 Å². The number of unbranched alkanes of at least 4 members (excludes halogenated alkanes) is 2. The Labute approximate surface area is 104 Å². The van der Waals surface area contributed by atoms with Crippen LogP contribution in [0.2, 0.25) is 0 Å². The fourth-order valence-corrected chi connectivity index (χ4v) is 1.53. The van der Waals surface area contributed by atoms with Crippen molar-refractivity contribution < 1.29 is 4.79 Å². The van der Waals surface area contributed by atoms with Gasteiger partial charge in [-0.15, -0.1) is 0 Å². The molecule has 0 N–H and O–H groups in total. The third-order valence-corrected chi connectivity index (χ3v) is 2.51. The first-order chi connectivity index (χ1) is 8.33. The summed E-state index contributed by atoms with van der Waals surface area (Å²) in [6.45, 7) is 2.14. The molecule has 0 fully saturated rings. The van der Waals surface area contributed by atoms with Gasteiger partial charge in [0, 0.05) is 6.42 Å². The zero-order valence-corrected chi connectivity index (χ0v) is 10.4. The van der Waals surface area contributed by atoms with Crippen LogP contribution in [0.5, 0.6) is 0 Å². The van der Waals surface area contributed by atoms with Crippen LogP contribution in [0.3, 0.4) is 0 Å². The normalized spacial score (nSPS) is 11.4. The average Bonchev–Trinajstić information content (AvgIpc) is 2.36. The topological polar surface area (TPSA) is 17.1 Å². The van der Waals surface area contributed by atoms with Crippen molar-refractivity contribution in [3.63, 3.8) is 0 Å². The average molecular weight is 228 g/mol. The molecule has 0 aliphatic heterocycles. The van der Waals surface area contributed by atoms with E-state index in [0.29, 0.717) is 6.42 Å². The Kier molecular flexibility index (Phi) is 6.73. The Morgan fingerprint density at radius 2 is 1.88 bits per heavy atom. The smallest absolute Gasteiger partial charge is 0.155 e. The summed E-state index contributed by atoms with van der Waals surface area (Å²) in [7, 11) is 0. The Bertz CT molecular complexity index is 374. The minimum atomic E-state index is 0.219. The predicted molar refractivity (Wildman–Crippen MR) is 73.8 cm³/mol. The zero-order valence-electron chi connectivity index (χ0n) is 10.4. The second kappa shape index (κ2) is 8.51. The first kappa shape index (κ1) is 13.4. The molecule has 0 amide bonds. The molecule has 1 aromatic carbocycles. The molecule has 0 aliphatic rings. The van der Waals surface area contributed by atoms with Gasteiger partial charge in [-0.25, -0.2) is 0 Å². The van der Waals surface area contributed by atoms with Crippen molar-refractivity contribution in [2.45, 2.75) is 32.6 Å². The number of carbonyl (C=O) groups is 1. The summed E-state index contributed by atoms with van der Waals surface area (Å²) in [5.41, 5.74) is 1.15. The van der Waals surface area contributed by atoms with Crippen LogP contribution in [0.1, 0.15) is 38.2 Å². The summed E-state index contributed by atoms with van der Waals surface area (Å²) in [6.07, 6.45) is 11.4. The Morgan fingerprint density at radius 1 is 1.12 bits per heavy atom. The van der Waals surface area contributed by atoms with E-state index in [9.17, 15) is 4.79 Å². The summed E-state index contributed by atoms with van der Waals surface area (Å²) in [6, 6.07) is 10.1. The quantitative estimate of drug-likeness (QED) is 0.384. The molecule has 0 radical (unpaired) electrons. The lowest BCUT2D eigenvalue weighted by molar-refractivity contribution is -0.114. The van der Waals surface area contributed by atoms with Crippen LogP contribution in [0.15, 0.2) is 48.6 Å². The van der Waals surface area contributed by atoms with E-state index >= 15 is 0 Å². The number of allylic oxidation sites excluding steroid dienone is 3. The van der Waals surface area contributed by atoms with E-state index in [0.717, 1.165) is 24.8 Å². The van der Waals surface area contributed by atoms with Crippen molar-refractivity contribution in [2.24, 2.45) is 0 Å². The van der Waals surface area contributed by atoms with Gasteiger partial charge in [0.25, 0.3) is 0 Å². The van der Waals surface area contributed by atoms with E-state index in [1.807, 2.05) is 48.6 Å². The Balaban J connectivity index is 2.30. The fourth-order valence-electron chi connectivity index (χ4n) is 1.53. The number of hydrogen-bond acceptors (Lipinski definition) is 1. The molecule has 0 atom stereocenters. The molecule has 0 heterocycles. The van der Waals surface area contributed by atoms with Gasteiger partial charge in [0.2, 0.25) is 0 Å². The van der Waals surface area contributed by atoms with E-state index in [1.165, 1.54) is 0 Å². The van der Waals surface area contributed by atoms with Crippen LogP contribution in [-0.2, 0) is 4.79 Å². The molecule has 0 saturated heterocycles. The second-order valence-electron chi connectivity index (χ2n) is 4.05. The van der Waals surface area contributed by atoms with E-state index in [1.54, 1.807) is 6.08 Å². The lowest BCUT2D eigenvalue weighted by Gasteiger charge is -1.93. The van der Waals surface area contributed by atoms with Crippen molar-refractivity contribution in [1.29, 1.82) is 0 Å². The highest BCUT2D eigenvalue weighted by Gasteiger charge is 1.94. The molecule has 0 spiro atoms. The molecule has 1 rings (SSSR count). The summed E-state index contributed by atoms with van der Waals surface area (Å²) in [5, 5.41) is 0. The van der Waals surface area contributed by atoms with Crippen molar-refractivity contribution in [1.82, 2.24) is 0 Å².